The van der Waals surface area contributed by atoms with E-state index in [9.17, 15) is 9.59 Å². The Morgan fingerprint density at radius 3 is 2.52 bits per heavy atom. The van der Waals surface area contributed by atoms with Gasteiger partial charge in [0, 0.05) is 0 Å². The van der Waals surface area contributed by atoms with Crippen LogP contribution in [0.3, 0.4) is 0 Å². The highest BCUT2D eigenvalue weighted by Crippen LogP contribution is 2.21. The van der Waals surface area contributed by atoms with Crippen LogP contribution in [0.1, 0.15) is 24.9 Å². The Balaban J connectivity index is 1.45. The summed E-state index contributed by atoms with van der Waals surface area (Å²) < 4.78 is 0. The predicted molar refractivity (Wildman–Crippen MR) is 123 cm³/mol. The molecule has 3 rings (SSSR count). The number of amides is 2. The zero-order valence-electron chi connectivity index (χ0n) is 17.0. The minimum Gasteiger partial charge on any atom is -0.384 e. The zero-order valence-corrected chi connectivity index (χ0v) is 17.7. The third kappa shape index (κ3) is 6.45. The Hall–Kier alpha value is -3.58. The van der Waals surface area contributed by atoms with Crippen molar-refractivity contribution in [3.05, 3.63) is 77.3 Å². The molecule has 4 N–H and O–H groups in total. The molecule has 7 nitrogen and oxygen atoms in total. The zero-order chi connectivity index (χ0) is 22.2. The molecule has 0 spiro atoms. The number of carbonyl (C=O) groups is 2. The number of hydrogen-bond acceptors (Lipinski definition) is 4. The standard InChI is InChI=1S/C23H23ClN4O3/c1-15(17-11-10-16-6-2-3-7-18(16)12-17)26-23(30)14-31-28-21(25)13-22(29)27-20-9-5-4-8-19(20)24/h2-12,15H,13-14H2,1H3,(H2,25,28)(H,26,30)(H,27,29). The number of para-hydroxylation sites is 1. The SMILES string of the molecule is CC(NC(=O)CO/N=C(/N)CC(=O)Nc1ccccc1Cl)c1ccc2ccccc2c1. The van der Waals surface area contributed by atoms with Crippen molar-refractivity contribution in [2.45, 2.75) is 19.4 Å². The molecule has 0 fully saturated rings. The molecule has 0 saturated heterocycles. The second kappa shape index (κ2) is 10.4. The fraction of sp³-hybridized carbons (Fsp3) is 0.174. The van der Waals surface area contributed by atoms with E-state index in [1.165, 1.54) is 0 Å². The van der Waals surface area contributed by atoms with Crippen LogP contribution in [0.4, 0.5) is 5.69 Å². The first-order valence-corrected chi connectivity index (χ1v) is 10.1. The van der Waals surface area contributed by atoms with Gasteiger partial charge in [-0.1, -0.05) is 65.3 Å². The number of hydrogen-bond donors (Lipinski definition) is 3. The highest BCUT2D eigenvalue weighted by molar-refractivity contribution is 6.33. The first-order chi connectivity index (χ1) is 14.9. The van der Waals surface area contributed by atoms with Gasteiger partial charge in [0.2, 0.25) is 5.91 Å². The molecule has 0 aliphatic rings. The van der Waals surface area contributed by atoms with Gasteiger partial charge in [0.1, 0.15) is 5.84 Å². The lowest BCUT2D eigenvalue weighted by Gasteiger charge is -2.14. The highest BCUT2D eigenvalue weighted by Gasteiger charge is 2.11. The summed E-state index contributed by atoms with van der Waals surface area (Å²) >= 11 is 5.99. The van der Waals surface area contributed by atoms with Gasteiger partial charge in [-0.3, -0.25) is 9.59 Å². The summed E-state index contributed by atoms with van der Waals surface area (Å²) in [5.41, 5.74) is 7.15. The predicted octanol–water partition coefficient (Wildman–Crippen LogP) is 3.99. The lowest BCUT2D eigenvalue weighted by atomic mass is 10.0. The number of rotatable bonds is 8. The van der Waals surface area contributed by atoms with Crippen LogP contribution in [-0.2, 0) is 14.4 Å². The summed E-state index contributed by atoms with van der Waals surface area (Å²) in [6, 6.07) is 20.7. The fourth-order valence-electron chi connectivity index (χ4n) is 2.97. The molecule has 0 aliphatic heterocycles. The minimum absolute atomic E-state index is 0.0556. The fourth-order valence-corrected chi connectivity index (χ4v) is 3.15. The first-order valence-electron chi connectivity index (χ1n) is 9.69. The van der Waals surface area contributed by atoms with Crippen LogP contribution in [0.2, 0.25) is 5.02 Å². The summed E-state index contributed by atoms with van der Waals surface area (Å²) in [5.74, 6) is -0.801. The van der Waals surface area contributed by atoms with Crippen molar-refractivity contribution < 1.29 is 14.4 Å². The third-order valence-electron chi connectivity index (χ3n) is 4.52. The summed E-state index contributed by atoms with van der Waals surface area (Å²) in [7, 11) is 0. The maximum absolute atomic E-state index is 12.1. The Morgan fingerprint density at radius 2 is 1.74 bits per heavy atom. The molecule has 0 aliphatic carbocycles. The molecule has 2 amide bonds. The molecule has 0 saturated carbocycles. The topological polar surface area (TPSA) is 106 Å². The monoisotopic (exact) mass is 438 g/mol. The van der Waals surface area contributed by atoms with Crippen LogP contribution in [0.15, 0.2) is 71.9 Å². The Kier molecular flexibility index (Phi) is 7.45. The smallest absolute Gasteiger partial charge is 0.261 e. The normalized spacial score (nSPS) is 12.3. The van der Waals surface area contributed by atoms with E-state index in [1.54, 1.807) is 24.3 Å². The largest absolute Gasteiger partial charge is 0.384 e. The minimum atomic E-state index is -0.396. The van der Waals surface area contributed by atoms with Crippen molar-refractivity contribution in [3.63, 3.8) is 0 Å². The second-order valence-corrected chi connectivity index (χ2v) is 7.36. The van der Waals surface area contributed by atoms with Gasteiger partial charge in [-0.2, -0.15) is 0 Å². The van der Waals surface area contributed by atoms with Gasteiger partial charge in [-0.15, -0.1) is 0 Å². The first kappa shape index (κ1) is 22.1. The molecule has 3 aromatic carbocycles. The number of nitrogens with zero attached hydrogens (tertiary/aromatic N) is 1. The second-order valence-electron chi connectivity index (χ2n) is 6.96. The van der Waals surface area contributed by atoms with E-state index < -0.39 is 5.91 Å². The van der Waals surface area contributed by atoms with Gasteiger partial charge in [0.05, 0.1) is 23.2 Å². The van der Waals surface area contributed by atoms with E-state index >= 15 is 0 Å². The summed E-state index contributed by atoms with van der Waals surface area (Å²) in [6.45, 7) is 1.57. The number of oxime groups is 1. The number of fused-ring (bicyclic) bond motifs is 1. The Bertz CT molecular complexity index is 1120. The van der Waals surface area contributed by atoms with Crippen LogP contribution in [0.5, 0.6) is 0 Å². The summed E-state index contributed by atoms with van der Waals surface area (Å²) in [4.78, 5) is 29.1. The number of nitrogens with one attached hydrogen (secondary N) is 2. The number of halogens is 1. The molecular weight excluding hydrogens is 416 g/mol. The molecule has 8 heteroatoms. The van der Waals surface area contributed by atoms with Gasteiger partial charge in [0.15, 0.2) is 6.61 Å². The molecule has 0 aromatic heterocycles. The third-order valence-corrected chi connectivity index (χ3v) is 4.85. The summed E-state index contributed by atoms with van der Waals surface area (Å²) in [5, 5.41) is 11.8. The van der Waals surface area contributed by atoms with Crippen LogP contribution in [0.25, 0.3) is 10.8 Å². The maximum Gasteiger partial charge on any atom is 0.261 e. The van der Waals surface area contributed by atoms with Crippen molar-refractivity contribution in [1.29, 1.82) is 0 Å². The summed E-state index contributed by atoms with van der Waals surface area (Å²) in [6.07, 6.45) is -0.194. The highest BCUT2D eigenvalue weighted by atomic mass is 35.5. The van der Waals surface area contributed by atoms with E-state index in [0.29, 0.717) is 10.7 Å². The quantitative estimate of drug-likeness (QED) is 0.281. The van der Waals surface area contributed by atoms with Gasteiger partial charge in [-0.25, -0.2) is 0 Å². The van der Waals surface area contributed by atoms with Gasteiger partial charge in [0.25, 0.3) is 5.91 Å². The lowest BCUT2D eigenvalue weighted by Crippen LogP contribution is -2.30. The maximum atomic E-state index is 12.1. The van der Waals surface area contributed by atoms with Gasteiger partial charge in [-0.05, 0) is 41.5 Å². The number of nitrogens with two attached hydrogens (primary N) is 1. The Labute approximate surface area is 185 Å². The number of anilines is 1. The molecule has 1 unspecified atom stereocenters. The number of carbonyl (C=O) groups excluding carboxylic acids is 2. The van der Waals surface area contributed by atoms with E-state index in [1.807, 2.05) is 49.4 Å². The molecule has 0 radical (unpaired) electrons. The number of amidine groups is 1. The van der Waals surface area contributed by atoms with Crippen molar-refractivity contribution >= 4 is 45.7 Å². The molecule has 0 bridgehead atoms. The molecule has 1 atom stereocenters. The van der Waals surface area contributed by atoms with E-state index in [-0.39, 0.29) is 30.8 Å². The van der Waals surface area contributed by atoms with Crippen LogP contribution >= 0.6 is 11.6 Å². The van der Waals surface area contributed by atoms with Crippen LogP contribution in [-0.4, -0.2) is 24.3 Å². The van der Waals surface area contributed by atoms with Crippen LogP contribution < -0.4 is 16.4 Å². The average molecular weight is 439 g/mol. The van der Waals surface area contributed by atoms with Gasteiger partial charge < -0.3 is 21.2 Å². The van der Waals surface area contributed by atoms with Crippen molar-refractivity contribution in [3.8, 4) is 0 Å². The van der Waals surface area contributed by atoms with Gasteiger partial charge >= 0.3 is 0 Å². The lowest BCUT2D eigenvalue weighted by molar-refractivity contribution is -0.126. The molecule has 31 heavy (non-hydrogen) atoms. The van der Waals surface area contributed by atoms with E-state index in [4.69, 9.17) is 22.2 Å². The average Bonchev–Trinajstić information content (AvgIpc) is 2.75. The Morgan fingerprint density at radius 1 is 1.03 bits per heavy atom. The van der Waals surface area contributed by atoms with E-state index in [2.05, 4.69) is 15.8 Å². The molecular formula is C23H23ClN4O3. The van der Waals surface area contributed by atoms with E-state index in [0.717, 1.165) is 16.3 Å². The van der Waals surface area contributed by atoms with Crippen molar-refractivity contribution in [2.75, 3.05) is 11.9 Å². The molecule has 3 aromatic rings. The number of benzene rings is 3. The van der Waals surface area contributed by atoms with Crippen molar-refractivity contribution in [2.24, 2.45) is 10.9 Å². The molecule has 160 valence electrons. The molecule has 0 heterocycles. The van der Waals surface area contributed by atoms with Crippen LogP contribution in [0, 0.1) is 0 Å². The van der Waals surface area contributed by atoms with Crippen molar-refractivity contribution in [1.82, 2.24) is 5.32 Å².